The number of rotatable bonds is 51. The Morgan fingerprint density at radius 1 is 0.203 bits per heavy atom. The van der Waals surface area contributed by atoms with Crippen LogP contribution in [0.2, 0.25) is 0 Å². The molecular weight excluding hydrogens is 785 g/mol. The fourth-order valence-corrected chi connectivity index (χ4v) is 8.69. The van der Waals surface area contributed by atoms with Gasteiger partial charge in [0, 0.05) is 0 Å². The molecule has 0 aromatic carbocycles. The SMILES string of the molecule is CCCCCCCCCCCCCCCCCC[NH2+]C.CCCCCCCCCCCCCCCCCC[NH2+]C.CCCCCCCCCCCCCCCCCC[NH2+]C.[O-]B([O-])[O-]. The zero-order valence-corrected chi connectivity index (χ0v) is 45.6. The van der Waals surface area contributed by atoms with Gasteiger partial charge in [-0.25, -0.2) is 0 Å². The molecule has 0 heterocycles. The van der Waals surface area contributed by atoms with Crippen LogP contribution in [0.4, 0.5) is 0 Å². The van der Waals surface area contributed by atoms with Crippen LogP contribution in [0.3, 0.4) is 0 Å². The van der Waals surface area contributed by atoms with Gasteiger partial charge in [0.1, 0.15) is 0 Å². The third-order valence-electron chi connectivity index (χ3n) is 13.0. The van der Waals surface area contributed by atoms with Crippen LogP contribution in [-0.2, 0) is 0 Å². The van der Waals surface area contributed by atoms with Gasteiger partial charge in [0.15, 0.2) is 0 Å². The average molecular weight is 912 g/mol. The van der Waals surface area contributed by atoms with Gasteiger partial charge in [0.2, 0.25) is 0 Å². The molecule has 0 unspecified atom stereocenters. The number of quaternary nitrogens is 3. The molecule has 0 atom stereocenters. The van der Waals surface area contributed by atoms with Gasteiger partial charge >= 0.3 is 0 Å². The first kappa shape index (κ1) is 70.4. The van der Waals surface area contributed by atoms with Crippen molar-refractivity contribution in [1.29, 1.82) is 0 Å². The Bertz CT molecular complexity index is 563. The van der Waals surface area contributed by atoms with Crippen molar-refractivity contribution in [2.45, 2.75) is 329 Å². The number of hydrogen-bond donors (Lipinski definition) is 3. The van der Waals surface area contributed by atoms with Crippen molar-refractivity contribution >= 4 is 7.32 Å². The van der Waals surface area contributed by atoms with E-state index in [-0.39, 0.29) is 0 Å². The van der Waals surface area contributed by atoms with E-state index in [9.17, 15) is 0 Å². The quantitative estimate of drug-likeness (QED) is 0.0416. The van der Waals surface area contributed by atoms with Gasteiger partial charge in [0.25, 0.3) is 0 Å². The zero-order chi connectivity index (χ0) is 47.8. The molecule has 0 aromatic rings. The molecule has 0 fully saturated rings. The van der Waals surface area contributed by atoms with E-state index in [1.807, 2.05) is 0 Å². The lowest BCUT2D eigenvalue weighted by atomic mass is 10.0. The maximum absolute atomic E-state index is 8.42. The molecule has 0 bridgehead atoms. The number of nitrogens with two attached hydrogens (primary N) is 3. The van der Waals surface area contributed by atoms with Gasteiger partial charge in [0.05, 0.1) is 40.8 Å². The van der Waals surface area contributed by atoms with Gasteiger partial charge in [-0.1, -0.05) is 290 Å². The summed E-state index contributed by atoms with van der Waals surface area (Å²) in [6, 6.07) is 0. The summed E-state index contributed by atoms with van der Waals surface area (Å²) < 4.78 is 0. The smallest absolute Gasteiger partial charge is 0.0753 e. The topological polar surface area (TPSA) is 119 Å². The van der Waals surface area contributed by atoms with E-state index < -0.39 is 7.32 Å². The van der Waals surface area contributed by atoms with E-state index in [4.69, 9.17) is 15.1 Å². The van der Waals surface area contributed by atoms with Crippen molar-refractivity contribution in [3.05, 3.63) is 0 Å². The van der Waals surface area contributed by atoms with Crippen LogP contribution in [0.15, 0.2) is 0 Å². The summed E-state index contributed by atoms with van der Waals surface area (Å²) in [6.45, 7) is 10.8. The van der Waals surface area contributed by atoms with Crippen LogP contribution >= 0.6 is 0 Å². The third kappa shape index (κ3) is 88.5. The first-order chi connectivity index (χ1) is 31.5. The van der Waals surface area contributed by atoms with Gasteiger partial charge < -0.3 is 31.0 Å². The largest absolute Gasteiger partial charge is 0.907 e. The molecule has 0 radical (unpaired) electrons. The second-order valence-corrected chi connectivity index (χ2v) is 19.8. The van der Waals surface area contributed by atoms with Crippen LogP contribution in [0.25, 0.3) is 0 Å². The van der Waals surface area contributed by atoms with E-state index in [0.29, 0.717) is 0 Å². The van der Waals surface area contributed by atoms with E-state index in [1.165, 1.54) is 328 Å². The van der Waals surface area contributed by atoms with Gasteiger partial charge in [-0.05, 0) is 38.5 Å². The minimum absolute atomic E-state index is 1.32. The van der Waals surface area contributed by atoms with E-state index in [2.05, 4.69) is 57.9 Å². The number of unbranched alkanes of at least 4 members (excludes halogenated alkanes) is 45. The monoisotopic (exact) mass is 912 g/mol. The summed E-state index contributed by atoms with van der Waals surface area (Å²) in [7, 11) is 3.60. The predicted molar refractivity (Wildman–Crippen MR) is 283 cm³/mol. The van der Waals surface area contributed by atoms with Crippen LogP contribution in [0.5, 0.6) is 0 Å². The predicted octanol–water partition coefficient (Wildman–Crippen LogP) is 12.4. The van der Waals surface area contributed by atoms with Gasteiger partial charge in [-0.15, -0.1) is 0 Å². The number of hydrogen-bond acceptors (Lipinski definition) is 3. The Balaban J connectivity index is -0.000000404. The highest BCUT2D eigenvalue weighted by Gasteiger charge is 1.98. The van der Waals surface area contributed by atoms with Crippen molar-refractivity contribution in [2.75, 3.05) is 40.8 Å². The summed E-state index contributed by atoms with van der Waals surface area (Å²) >= 11 is 0. The molecule has 0 spiro atoms. The molecule has 0 rings (SSSR count). The van der Waals surface area contributed by atoms with Crippen molar-refractivity contribution < 1.29 is 31.0 Å². The van der Waals surface area contributed by atoms with Crippen LogP contribution in [-0.4, -0.2) is 48.1 Å². The highest BCUT2D eigenvalue weighted by molar-refractivity contribution is 6.24. The summed E-state index contributed by atoms with van der Waals surface area (Å²) in [5, 5.41) is 32.1. The van der Waals surface area contributed by atoms with Crippen molar-refractivity contribution in [1.82, 2.24) is 0 Å². The summed E-state index contributed by atoms with van der Waals surface area (Å²) in [5.74, 6) is 0. The lowest BCUT2D eigenvalue weighted by Gasteiger charge is -2.35. The van der Waals surface area contributed by atoms with Crippen LogP contribution in [0, 0.1) is 0 Å². The molecule has 0 aliphatic carbocycles. The van der Waals surface area contributed by atoms with E-state index in [0.717, 1.165) is 0 Å². The Morgan fingerprint density at radius 2 is 0.297 bits per heavy atom. The highest BCUT2D eigenvalue weighted by atomic mass is 16.5. The molecule has 0 amide bonds. The van der Waals surface area contributed by atoms with E-state index >= 15 is 0 Å². The summed E-state index contributed by atoms with van der Waals surface area (Å²) in [4.78, 5) is 0. The molecular formula is C57H126BN3O3. The average Bonchev–Trinajstić information content (AvgIpc) is 3.29. The first-order valence-electron chi connectivity index (χ1n) is 29.8. The molecule has 0 saturated carbocycles. The molecule has 7 heteroatoms. The fraction of sp³-hybridized carbons (Fsp3) is 1.00. The molecule has 0 aromatic heterocycles. The Labute approximate surface area is 406 Å². The molecule has 0 aliphatic rings. The molecule has 64 heavy (non-hydrogen) atoms. The molecule has 6 nitrogen and oxygen atoms in total. The molecule has 0 saturated heterocycles. The standard InChI is InChI=1S/3C19H41N.BO3/c3*1-3-4-5-6-7-8-9-10-11-12-13-14-15-16-17-18-19-20-2;2-1(3)4/h3*20H,3-19H2,1-2H3;/q;;;-3/p+3. The molecule has 390 valence electrons. The highest BCUT2D eigenvalue weighted by Crippen LogP contribution is 2.16. The van der Waals surface area contributed by atoms with Crippen LogP contribution < -0.4 is 31.0 Å². The second-order valence-electron chi connectivity index (χ2n) is 19.8. The lowest BCUT2D eigenvalue weighted by Crippen LogP contribution is -2.79. The minimum Gasteiger partial charge on any atom is -0.907 e. The lowest BCUT2D eigenvalue weighted by molar-refractivity contribution is -0.627. The second kappa shape index (κ2) is 74.4. The van der Waals surface area contributed by atoms with Crippen LogP contribution in [0.1, 0.15) is 329 Å². The molecule has 6 N–H and O–H groups in total. The Morgan fingerprint density at radius 3 is 0.391 bits per heavy atom. The summed E-state index contributed by atoms with van der Waals surface area (Å²) in [6.07, 6.45) is 70.3. The summed E-state index contributed by atoms with van der Waals surface area (Å²) in [5.41, 5.74) is 0. The van der Waals surface area contributed by atoms with Crippen molar-refractivity contribution in [3.63, 3.8) is 0 Å². The third-order valence-corrected chi connectivity index (χ3v) is 13.0. The molecule has 0 aliphatic heterocycles. The first-order valence-corrected chi connectivity index (χ1v) is 29.8. The van der Waals surface area contributed by atoms with E-state index in [1.54, 1.807) is 0 Å². The zero-order valence-electron chi connectivity index (χ0n) is 45.6. The fourth-order valence-electron chi connectivity index (χ4n) is 8.69. The van der Waals surface area contributed by atoms with Gasteiger partial charge in [-0.3, -0.25) is 7.32 Å². The maximum Gasteiger partial charge on any atom is 0.0753 e. The van der Waals surface area contributed by atoms with Crippen molar-refractivity contribution in [3.8, 4) is 0 Å². The Kier molecular flexibility index (Phi) is 81.8. The van der Waals surface area contributed by atoms with Gasteiger partial charge in [-0.2, -0.15) is 0 Å². The Hall–Kier alpha value is -0.175. The minimum atomic E-state index is -2.92. The maximum atomic E-state index is 8.42. The normalized spacial score (nSPS) is 10.8. The van der Waals surface area contributed by atoms with Crippen molar-refractivity contribution in [2.24, 2.45) is 0 Å².